The van der Waals surface area contributed by atoms with E-state index in [4.69, 9.17) is 4.74 Å². The van der Waals surface area contributed by atoms with E-state index in [0.29, 0.717) is 12.6 Å². The molecule has 3 nitrogen and oxygen atoms in total. The molecule has 2 rings (SSSR count). The maximum Gasteiger partial charge on any atom is 0.320 e. The van der Waals surface area contributed by atoms with Gasteiger partial charge in [-0.25, -0.2) is 0 Å². The normalized spacial score (nSPS) is 29.1. The number of esters is 1. The topological polar surface area (TPSA) is 38.3 Å². The van der Waals surface area contributed by atoms with E-state index in [-0.39, 0.29) is 11.6 Å². The second-order valence-corrected chi connectivity index (χ2v) is 6.93. The smallest absolute Gasteiger partial charge is 0.320 e. The van der Waals surface area contributed by atoms with Gasteiger partial charge in [0, 0.05) is 6.04 Å². The Morgan fingerprint density at radius 2 is 1.89 bits per heavy atom. The van der Waals surface area contributed by atoms with Crippen LogP contribution in [-0.2, 0) is 9.53 Å². The van der Waals surface area contributed by atoms with Crippen LogP contribution in [0, 0.1) is 11.8 Å². The standard InChI is InChI=1S/C15H27NO2/c1-15(2,3)18-14(17)10-16-13-6-4-5-12(9-13)11-7-8-11/h11-13,16H,4-10H2,1-3H3. The monoisotopic (exact) mass is 253 g/mol. The molecule has 0 aromatic rings. The molecule has 2 saturated carbocycles. The first-order chi connectivity index (χ1) is 8.44. The average molecular weight is 253 g/mol. The number of rotatable bonds is 4. The van der Waals surface area contributed by atoms with Crippen molar-refractivity contribution < 1.29 is 9.53 Å². The molecule has 2 atom stereocenters. The van der Waals surface area contributed by atoms with E-state index >= 15 is 0 Å². The predicted octanol–water partition coefficient (Wildman–Crippen LogP) is 2.89. The minimum atomic E-state index is -0.373. The molecule has 104 valence electrons. The second kappa shape index (κ2) is 5.60. The van der Waals surface area contributed by atoms with Crippen LogP contribution < -0.4 is 5.32 Å². The number of hydrogen-bond acceptors (Lipinski definition) is 3. The van der Waals surface area contributed by atoms with E-state index in [1.807, 2.05) is 20.8 Å². The highest BCUT2D eigenvalue weighted by Gasteiger charge is 2.34. The summed E-state index contributed by atoms with van der Waals surface area (Å²) in [5.41, 5.74) is -0.373. The molecular weight excluding hydrogens is 226 g/mol. The highest BCUT2D eigenvalue weighted by molar-refractivity contribution is 5.72. The van der Waals surface area contributed by atoms with Gasteiger partial charge < -0.3 is 10.1 Å². The zero-order valence-electron chi connectivity index (χ0n) is 12.0. The van der Waals surface area contributed by atoms with E-state index in [1.54, 1.807) is 0 Å². The minimum absolute atomic E-state index is 0.129. The van der Waals surface area contributed by atoms with Gasteiger partial charge in [-0.2, -0.15) is 0 Å². The summed E-state index contributed by atoms with van der Waals surface area (Å²) in [5.74, 6) is 1.78. The van der Waals surface area contributed by atoms with Gasteiger partial charge in [-0.1, -0.05) is 12.8 Å². The fraction of sp³-hybridized carbons (Fsp3) is 0.933. The average Bonchev–Trinajstić information content (AvgIpc) is 3.08. The molecule has 0 spiro atoms. The first-order valence-corrected chi connectivity index (χ1v) is 7.39. The van der Waals surface area contributed by atoms with Crippen molar-refractivity contribution in [2.24, 2.45) is 11.8 Å². The summed E-state index contributed by atoms with van der Waals surface area (Å²) in [7, 11) is 0. The molecule has 2 fully saturated rings. The predicted molar refractivity (Wildman–Crippen MR) is 72.3 cm³/mol. The highest BCUT2D eigenvalue weighted by atomic mass is 16.6. The summed E-state index contributed by atoms with van der Waals surface area (Å²) in [6.07, 6.45) is 8.05. The maximum absolute atomic E-state index is 11.6. The molecule has 0 aromatic carbocycles. The number of hydrogen-bond donors (Lipinski definition) is 1. The summed E-state index contributed by atoms with van der Waals surface area (Å²) < 4.78 is 5.31. The van der Waals surface area contributed by atoms with Gasteiger partial charge in [0.05, 0.1) is 6.54 Å². The Balaban J connectivity index is 1.67. The molecule has 18 heavy (non-hydrogen) atoms. The molecular formula is C15H27NO2. The van der Waals surface area contributed by atoms with Crippen LogP contribution in [0.1, 0.15) is 59.3 Å². The van der Waals surface area contributed by atoms with Crippen molar-refractivity contribution in [1.29, 1.82) is 0 Å². The largest absolute Gasteiger partial charge is 0.459 e. The molecule has 0 bridgehead atoms. The lowest BCUT2D eigenvalue weighted by molar-refractivity contribution is -0.153. The lowest BCUT2D eigenvalue weighted by Crippen LogP contribution is -2.39. The summed E-state index contributed by atoms with van der Waals surface area (Å²) in [4.78, 5) is 11.6. The molecule has 0 aliphatic heterocycles. The lowest BCUT2D eigenvalue weighted by atomic mass is 9.83. The quantitative estimate of drug-likeness (QED) is 0.783. The molecule has 0 amide bonds. The first-order valence-electron chi connectivity index (χ1n) is 7.39. The summed E-state index contributed by atoms with van der Waals surface area (Å²) in [6.45, 7) is 6.09. The van der Waals surface area contributed by atoms with Crippen molar-refractivity contribution in [3.05, 3.63) is 0 Å². The van der Waals surface area contributed by atoms with Crippen molar-refractivity contribution in [2.45, 2.75) is 70.9 Å². The third kappa shape index (κ3) is 4.60. The zero-order chi connectivity index (χ0) is 13.2. The Bertz CT molecular complexity index is 291. The SMILES string of the molecule is CC(C)(C)OC(=O)CNC1CCCC(C2CC2)C1. The van der Waals surface area contributed by atoms with Crippen LogP contribution in [0.2, 0.25) is 0 Å². The van der Waals surface area contributed by atoms with Gasteiger partial charge in [0.1, 0.15) is 5.60 Å². The number of nitrogens with one attached hydrogen (secondary N) is 1. The van der Waals surface area contributed by atoms with Crippen molar-refractivity contribution >= 4 is 5.97 Å². The summed E-state index contributed by atoms with van der Waals surface area (Å²) >= 11 is 0. The van der Waals surface area contributed by atoms with Gasteiger partial charge in [-0.15, -0.1) is 0 Å². The van der Waals surface area contributed by atoms with E-state index < -0.39 is 0 Å². The summed E-state index contributed by atoms with van der Waals surface area (Å²) in [6, 6.07) is 0.525. The molecule has 0 heterocycles. The minimum Gasteiger partial charge on any atom is -0.459 e. The first kappa shape index (κ1) is 13.9. The van der Waals surface area contributed by atoms with Crippen LogP contribution in [0.5, 0.6) is 0 Å². The third-order valence-electron chi connectivity index (χ3n) is 3.96. The van der Waals surface area contributed by atoms with Gasteiger partial charge in [0.2, 0.25) is 0 Å². The van der Waals surface area contributed by atoms with Gasteiger partial charge in [-0.3, -0.25) is 4.79 Å². The molecule has 0 saturated heterocycles. The molecule has 0 radical (unpaired) electrons. The van der Waals surface area contributed by atoms with Crippen LogP contribution in [0.15, 0.2) is 0 Å². The molecule has 3 heteroatoms. The van der Waals surface area contributed by atoms with Gasteiger partial charge in [0.25, 0.3) is 0 Å². The fourth-order valence-corrected chi connectivity index (χ4v) is 3.01. The Hall–Kier alpha value is -0.570. The zero-order valence-corrected chi connectivity index (χ0v) is 12.0. The van der Waals surface area contributed by atoms with E-state index in [0.717, 1.165) is 11.8 Å². The van der Waals surface area contributed by atoms with Gasteiger partial charge in [0.15, 0.2) is 0 Å². The number of ether oxygens (including phenoxy) is 1. The third-order valence-corrected chi connectivity index (χ3v) is 3.96. The molecule has 2 aliphatic rings. The Kier molecular flexibility index (Phi) is 4.31. The van der Waals surface area contributed by atoms with Crippen molar-refractivity contribution in [2.75, 3.05) is 6.54 Å². The molecule has 0 aromatic heterocycles. The number of carbonyl (C=O) groups excluding carboxylic acids is 1. The Morgan fingerprint density at radius 1 is 1.17 bits per heavy atom. The van der Waals surface area contributed by atoms with Crippen LogP contribution in [0.4, 0.5) is 0 Å². The van der Waals surface area contributed by atoms with Crippen molar-refractivity contribution in [1.82, 2.24) is 5.32 Å². The molecule has 2 aliphatic carbocycles. The van der Waals surface area contributed by atoms with E-state index in [1.165, 1.54) is 38.5 Å². The van der Waals surface area contributed by atoms with Gasteiger partial charge in [-0.05, 0) is 58.3 Å². The Morgan fingerprint density at radius 3 is 2.50 bits per heavy atom. The van der Waals surface area contributed by atoms with Crippen LogP contribution in [0.25, 0.3) is 0 Å². The Labute approximate surface area is 111 Å². The maximum atomic E-state index is 11.6. The van der Waals surface area contributed by atoms with Crippen molar-refractivity contribution in [3.8, 4) is 0 Å². The summed E-state index contributed by atoms with van der Waals surface area (Å²) in [5, 5.41) is 3.38. The lowest BCUT2D eigenvalue weighted by Gasteiger charge is -2.30. The fourth-order valence-electron chi connectivity index (χ4n) is 3.01. The highest BCUT2D eigenvalue weighted by Crippen LogP contribution is 2.43. The molecule has 2 unspecified atom stereocenters. The second-order valence-electron chi connectivity index (χ2n) is 6.93. The van der Waals surface area contributed by atoms with Crippen molar-refractivity contribution in [3.63, 3.8) is 0 Å². The van der Waals surface area contributed by atoms with Gasteiger partial charge >= 0.3 is 5.97 Å². The van der Waals surface area contributed by atoms with Crippen LogP contribution in [0.3, 0.4) is 0 Å². The molecule has 1 N–H and O–H groups in total. The number of carbonyl (C=O) groups is 1. The van der Waals surface area contributed by atoms with E-state index in [9.17, 15) is 4.79 Å². The van der Waals surface area contributed by atoms with Crippen LogP contribution >= 0.6 is 0 Å². The van der Waals surface area contributed by atoms with E-state index in [2.05, 4.69) is 5.32 Å². The van der Waals surface area contributed by atoms with Crippen LogP contribution in [-0.4, -0.2) is 24.2 Å².